The van der Waals surface area contributed by atoms with E-state index in [9.17, 15) is 0 Å². The van der Waals surface area contributed by atoms with Crippen LogP contribution in [0, 0.1) is 0 Å². The summed E-state index contributed by atoms with van der Waals surface area (Å²) in [5.74, 6) is 0. The van der Waals surface area contributed by atoms with Crippen molar-refractivity contribution in [1.82, 2.24) is 10.6 Å². The predicted molar refractivity (Wildman–Crippen MR) is 154 cm³/mol. The number of anilines is 2. The largest absolute Gasteiger partial charge is 0.369 e. The number of aryl methyl sites for hydroxylation is 1. The van der Waals surface area contributed by atoms with E-state index in [1.165, 1.54) is 66.8 Å². The van der Waals surface area contributed by atoms with Crippen LogP contribution in [0.3, 0.4) is 0 Å². The monoisotopic (exact) mass is 482 g/mol. The lowest BCUT2D eigenvalue weighted by Crippen LogP contribution is -2.27. The van der Waals surface area contributed by atoms with E-state index in [1.54, 1.807) is 22.4 Å². The van der Waals surface area contributed by atoms with Crippen molar-refractivity contribution in [3.05, 3.63) is 82.4 Å². The lowest BCUT2D eigenvalue weighted by molar-refractivity contribution is 0.692. The van der Waals surface area contributed by atoms with Crippen LogP contribution in [0.2, 0.25) is 0 Å². The topological polar surface area (TPSA) is 30.5 Å². The lowest BCUT2D eigenvalue weighted by atomic mass is 9.95. The van der Waals surface area contributed by atoms with E-state index < -0.39 is 0 Å². The summed E-state index contributed by atoms with van der Waals surface area (Å²) in [7, 11) is 0. The van der Waals surface area contributed by atoms with E-state index in [2.05, 4.69) is 82.0 Å². The van der Waals surface area contributed by atoms with Crippen LogP contribution in [0.4, 0.5) is 11.4 Å². The van der Waals surface area contributed by atoms with Gasteiger partial charge in [0.25, 0.3) is 0 Å². The van der Waals surface area contributed by atoms with Gasteiger partial charge in [-0.15, -0.1) is 0 Å². The molecule has 4 heteroatoms. The van der Waals surface area contributed by atoms with Crippen molar-refractivity contribution in [2.45, 2.75) is 53.1 Å². The van der Waals surface area contributed by atoms with Gasteiger partial charge in [-0.2, -0.15) is 0 Å². The Morgan fingerprint density at radius 2 is 1.25 bits per heavy atom. The Kier molecular flexibility index (Phi) is 7.93. The molecule has 3 aromatic carbocycles. The van der Waals surface area contributed by atoms with Gasteiger partial charge in [0.15, 0.2) is 0 Å². The predicted octanol–water partition coefficient (Wildman–Crippen LogP) is 5.56. The standard InChI is InChI=1S/C17H18N2.C13H18N2.C2H6/c1-2-4-13(5-3-1)15-7-6-14-12-18-9-11-19-10-8-16(15)17(14)19;1-2-10-3-4-11-9-14-6-8-15-7-5-12(10)13(11)15;1-2/h1-7,18H,8-12H2;3-4,14H,2,5-9H2,1H3;1-2H3. The SMILES string of the molecule is CC.CCc1ccc2c3c1CCN3CCNC2.c1ccc(-c2ccc3c4c2CCN4CCNC3)cc1. The Morgan fingerprint density at radius 1 is 0.667 bits per heavy atom. The van der Waals surface area contributed by atoms with Gasteiger partial charge in [-0.25, -0.2) is 0 Å². The lowest BCUT2D eigenvalue weighted by Gasteiger charge is -2.19. The third kappa shape index (κ3) is 4.77. The molecule has 3 aromatic rings. The molecule has 0 atom stereocenters. The second-order valence-corrected chi connectivity index (χ2v) is 9.86. The molecule has 0 aliphatic carbocycles. The summed E-state index contributed by atoms with van der Waals surface area (Å²) in [6, 6.07) is 20.0. The summed E-state index contributed by atoms with van der Waals surface area (Å²) in [6.07, 6.45) is 3.61. The van der Waals surface area contributed by atoms with Crippen LogP contribution in [0.1, 0.15) is 48.6 Å². The van der Waals surface area contributed by atoms with E-state index in [0.29, 0.717) is 0 Å². The first-order valence-corrected chi connectivity index (χ1v) is 14.1. The van der Waals surface area contributed by atoms with Gasteiger partial charge in [0.2, 0.25) is 0 Å². The van der Waals surface area contributed by atoms with E-state index >= 15 is 0 Å². The van der Waals surface area contributed by atoms with Crippen molar-refractivity contribution in [2.24, 2.45) is 0 Å². The zero-order chi connectivity index (χ0) is 24.9. The van der Waals surface area contributed by atoms with E-state index in [0.717, 1.165) is 32.7 Å². The molecular weight excluding hydrogens is 440 g/mol. The Morgan fingerprint density at radius 3 is 1.89 bits per heavy atom. The fraction of sp³-hybridized carbons (Fsp3) is 0.438. The summed E-state index contributed by atoms with van der Waals surface area (Å²) in [4.78, 5) is 5.11. The molecular formula is C32H42N4. The minimum atomic E-state index is 1.01. The summed E-state index contributed by atoms with van der Waals surface area (Å²) in [5, 5.41) is 7.00. The quantitative estimate of drug-likeness (QED) is 0.501. The van der Waals surface area contributed by atoms with Crippen molar-refractivity contribution in [1.29, 1.82) is 0 Å². The highest BCUT2D eigenvalue weighted by Crippen LogP contribution is 2.39. The molecule has 0 unspecified atom stereocenters. The molecule has 4 nitrogen and oxygen atoms in total. The minimum Gasteiger partial charge on any atom is -0.369 e. The molecule has 0 saturated carbocycles. The fourth-order valence-corrected chi connectivity index (χ4v) is 6.27. The molecule has 4 aliphatic heterocycles. The number of benzene rings is 3. The Hall–Kier alpha value is -2.82. The van der Waals surface area contributed by atoms with E-state index in [1.807, 2.05) is 13.8 Å². The van der Waals surface area contributed by atoms with Crippen LogP contribution in [-0.2, 0) is 32.4 Å². The number of hydrogen-bond acceptors (Lipinski definition) is 4. The summed E-state index contributed by atoms with van der Waals surface area (Å²) in [6.45, 7) is 15.2. The fourth-order valence-electron chi connectivity index (χ4n) is 6.27. The number of hydrogen-bond donors (Lipinski definition) is 2. The van der Waals surface area contributed by atoms with Crippen LogP contribution >= 0.6 is 0 Å². The highest BCUT2D eigenvalue weighted by atomic mass is 15.2. The highest BCUT2D eigenvalue weighted by Gasteiger charge is 2.27. The number of rotatable bonds is 2. The second-order valence-electron chi connectivity index (χ2n) is 9.86. The summed E-state index contributed by atoms with van der Waals surface area (Å²) in [5.41, 5.74) is 13.5. The molecule has 0 amide bonds. The number of nitrogens with zero attached hydrogens (tertiary/aromatic N) is 2. The third-order valence-electron chi connectivity index (χ3n) is 7.94. The molecule has 0 bridgehead atoms. The summed E-state index contributed by atoms with van der Waals surface area (Å²) >= 11 is 0. The van der Waals surface area contributed by atoms with Crippen LogP contribution < -0.4 is 20.4 Å². The first-order chi connectivity index (χ1) is 17.8. The minimum absolute atomic E-state index is 1.01. The maximum absolute atomic E-state index is 3.51. The van der Waals surface area contributed by atoms with Gasteiger partial charge < -0.3 is 20.4 Å². The van der Waals surface area contributed by atoms with Crippen LogP contribution in [-0.4, -0.2) is 39.3 Å². The molecule has 0 saturated heterocycles. The zero-order valence-electron chi connectivity index (χ0n) is 22.4. The average Bonchev–Trinajstić information content (AvgIpc) is 3.42. The molecule has 0 aromatic heterocycles. The maximum Gasteiger partial charge on any atom is 0.0451 e. The van der Waals surface area contributed by atoms with E-state index in [-0.39, 0.29) is 0 Å². The van der Waals surface area contributed by atoms with Crippen LogP contribution in [0.5, 0.6) is 0 Å². The molecule has 4 aliphatic rings. The van der Waals surface area contributed by atoms with Gasteiger partial charge in [-0.05, 0) is 58.2 Å². The third-order valence-corrected chi connectivity index (χ3v) is 7.94. The molecule has 7 rings (SSSR count). The molecule has 190 valence electrons. The molecule has 0 radical (unpaired) electrons. The first-order valence-electron chi connectivity index (χ1n) is 14.1. The van der Waals surface area contributed by atoms with Gasteiger partial charge in [0.05, 0.1) is 0 Å². The van der Waals surface area contributed by atoms with Crippen molar-refractivity contribution in [3.8, 4) is 11.1 Å². The summed E-state index contributed by atoms with van der Waals surface area (Å²) < 4.78 is 0. The van der Waals surface area contributed by atoms with Crippen molar-refractivity contribution < 1.29 is 0 Å². The van der Waals surface area contributed by atoms with Crippen molar-refractivity contribution in [2.75, 3.05) is 49.1 Å². The van der Waals surface area contributed by atoms with Gasteiger partial charge in [-0.1, -0.05) is 75.4 Å². The Labute approximate surface area is 217 Å². The molecule has 0 fully saturated rings. The van der Waals surface area contributed by atoms with Gasteiger partial charge in [-0.3, -0.25) is 0 Å². The Bertz CT molecular complexity index is 1170. The highest BCUT2D eigenvalue weighted by molar-refractivity contribution is 5.79. The van der Waals surface area contributed by atoms with Gasteiger partial charge in [0.1, 0.15) is 0 Å². The smallest absolute Gasteiger partial charge is 0.0451 e. The average molecular weight is 483 g/mol. The number of nitrogens with one attached hydrogen (secondary N) is 2. The molecule has 0 spiro atoms. The molecule has 4 heterocycles. The maximum atomic E-state index is 3.51. The van der Waals surface area contributed by atoms with Crippen molar-refractivity contribution >= 4 is 11.4 Å². The van der Waals surface area contributed by atoms with Crippen molar-refractivity contribution in [3.63, 3.8) is 0 Å². The van der Waals surface area contributed by atoms with Crippen LogP contribution in [0.15, 0.2) is 54.6 Å². The molecule has 36 heavy (non-hydrogen) atoms. The normalized spacial score (nSPS) is 17.1. The molecule has 2 N–H and O–H groups in total. The second kappa shape index (κ2) is 11.5. The Balaban J connectivity index is 0.000000142. The van der Waals surface area contributed by atoms with Gasteiger partial charge >= 0.3 is 0 Å². The van der Waals surface area contributed by atoms with Crippen LogP contribution in [0.25, 0.3) is 11.1 Å². The van der Waals surface area contributed by atoms with Gasteiger partial charge in [0, 0.05) is 63.7 Å². The zero-order valence-corrected chi connectivity index (χ0v) is 22.4. The van der Waals surface area contributed by atoms with E-state index in [4.69, 9.17) is 0 Å². The first kappa shape index (κ1) is 24.9.